The van der Waals surface area contributed by atoms with Gasteiger partial charge in [0.2, 0.25) is 0 Å². The lowest BCUT2D eigenvalue weighted by molar-refractivity contribution is -0.0984. The molecule has 0 radical (unpaired) electrons. The summed E-state index contributed by atoms with van der Waals surface area (Å²) >= 11 is 0. The maximum Gasteiger partial charge on any atom is 0.123 e. The first-order chi connectivity index (χ1) is 11.2. The lowest BCUT2D eigenvalue weighted by Crippen LogP contribution is -2.55. The van der Waals surface area contributed by atoms with Crippen molar-refractivity contribution in [2.24, 2.45) is 22.7 Å². The van der Waals surface area contributed by atoms with Crippen LogP contribution in [0.3, 0.4) is 0 Å². The van der Waals surface area contributed by atoms with E-state index < -0.39 is 0 Å². The molecule has 0 spiro atoms. The van der Waals surface area contributed by atoms with Crippen LogP contribution in [0.5, 0.6) is 5.75 Å². The molecule has 1 aromatic rings. The van der Waals surface area contributed by atoms with Crippen LogP contribution < -0.4 is 4.74 Å². The summed E-state index contributed by atoms with van der Waals surface area (Å²) < 4.78 is 5.86. The predicted octanol–water partition coefficient (Wildman–Crippen LogP) is 6.06. The molecule has 3 aliphatic carbocycles. The molecule has 2 saturated carbocycles. The van der Waals surface area contributed by atoms with Crippen molar-refractivity contribution >= 4 is 0 Å². The van der Waals surface area contributed by atoms with Crippen LogP contribution >= 0.6 is 0 Å². The van der Waals surface area contributed by atoms with E-state index in [9.17, 15) is 0 Å². The highest BCUT2D eigenvalue weighted by Crippen LogP contribution is 2.68. The fraction of sp³-hybridized carbons (Fsp3) is 0.739. The van der Waals surface area contributed by atoms with Crippen molar-refractivity contribution in [3.63, 3.8) is 0 Å². The van der Waals surface area contributed by atoms with Crippen LogP contribution in [0.2, 0.25) is 0 Å². The van der Waals surface area contributed by atoms with E-state index in [2.05, 4.69) is 46.8 Å². The largest absolute Gasteiger partial charge is 0.496 e. The molecule has 1 aromatic carbocycles. The molecule has 4 atom stereocenters. The lowest BCUT2D eigenvalue weighted by Gasteiger charge is -2.61. The molecular weight excluding hydrogens is 292 g/mol. The number of hydrogen-bond acceptors (Lipinski definition) is 1. The molecule has 0 aliphatic heterocycles. The molecule has 132 valence electrons. The molecule has 1 nitrogen and oxygen atoms in total. The quantitative estimate of drug-likeness (QED) is 0.609. The normalized spacial score (nSPS) is 39.8. The Hall–Kier alpha value is -0.980. The fourth-order valence-corrected chi connectivity index (χ4v) is 7.42. The maximum atomic E-state index is 5.86. The van der Waals surface area contributed by atoms with Gasteiger partial charge in [-0.25, -0.2) is 0 Å². The zero-order chi connectivity index (χ0) is 17.3. The van der Waals surface area contributed by atoms with Gasteiger partial charge in [-0.2, -0.15) is 0 Å². The number of rotatable bonds is 1. The highest BCUT2D eigenvalue weighted by molar-refractivity contribution is 5.53. The summed E-state index contributed by atoms with van der Waals surface area (Å²) in [6.07, 6.45) is 8.19. The van der Waals surface area contributed by atoms with Crippen LogP contribution in [0.1, 0.15) is 76.5 Å². The van der Waals surface area contributed by atoms with Crippen molar-refractivity contribution in [3.8, 4) is 5.75 Å². The van der Waals surface area contributed by atoms with Gasteiger partial charge in [0.15, 0.2) is 0 Å². The average Bonchev–Trinajstić information content (AvgIpc) is 2.79. The smallest absolute Gasteiger partial charge is 0.123 e. The van der Waals surface area contributed by atoms with Crippen molar-refractivity contribution in [1.29, 1.82) is 0 Å². The Morgan fingerprint density at radius 3 is 2.46 bits per heavy atom. The van der Waals surface area contributed by atoms with Gasteiger partial charge in [0, 0.05) is 11.0 Å². The number of ether oxygens (including phenoxy) is 1. The zero-order valence-corrected chi connectivity index (χ0v) is 16.5. The number of benzene rings is 1. The minimum atomic E-state index is 0.299. The topological polar surface area (TPSA) is 9.23 Å². The summed E-state index contributed by atoms with van der Waals surface area (Å²) in [5.74, 6) is 2.79. The molecule has 0 heterocycles. The molecule has 1 unspecified atom stereocenters. The van der Waals surface area contributed by atoms with Crippen LogP contribution in [0.4, 0.5) is 0 Å². The number of hydrogen-bond donors (Lipinski definition) is 0. The number of aryl methyl sites for hydroxylation is 1. The fourth-order valence-electron chi connectivity index (χ4n) is 7.42. The van der Waals surface area contributed by atoms with Gasteiger partial charge in [-0.15, -0.1) is 0 Å². The van der Waals surface area contributed by atoms with E-state index in [4.69, 9.17) is 4.74 Å². The third kappa shape index (κ3) is 1.99. The molecule has 1 heteroatoms. The van der Waals surface area contributed by atoms with E-state index in [0.29, 0.717) is 16.2 Å². The predicted molar refractivity (Wildman–Crippen MR) is 101 cm³/mol. The molecule has 0 amide bonds. The molecule has 3 aliphatic rings. The van der Waals surface area contributed by atoms with Gasteiger partial charge in [-0.05, 0) is 78.9 Å². The second-order valence-electron chi connectivity index (χ2n) is 10.1. The van der Waals surface area contributed by atoms with Crippen LogP contribution in [0.15, 0.2) is 12.1 Å². The van der Waals surface area contributed by atoms with Crippen molar-refractivity contribution < 1.29 is 4.74 Å². The summed E-state index contributed by atoms with van der Waals surface area (Å²) in [5.41, 5.74) is 5.75. The Bertz CT molecular complexity index is 673. The molecular formula is C23H34O. The number of fused-ring (bicyclic) bond motifs is 5. The van der Waals surface area contributed by atoms with Gasteiger partial charge in [0.25, 0.3) is 0 Å². The van der Waals surface area contributed by atoms with E-state index in [1.54, 1.807) is 11.1 Å². The SMILES string of the molecule is COc1cc(C)cc2c1[C@@]1(C)CC[C@H]3C(C)(C)CCCC3(C)[C@@H]1C2. The molecule has 0 bridgehead atoms. The van der Waals surface area contributed by atoms with Crippen molar-refractivity contribution in [2.45, 2.75) is 78.6 Å². The lowest BCUT2D eigenvalue weighted by atomic mass is 9.43. The van der Waals surface area contributed by atoms with Gasteiger partial charge in [-0.1, -0.05) is 40.2 Å². The van der Waals surface area contributed by atoms with Gasteiger partial charge >= 0.3 is 0 Å². The van der Waals surface area contributed by atoms with E-state index in [1.807, 2.05) is 7.11 Å². The van der Waals surface area contributed by atoms with Crippen molar-refractivity contribution in [3.05, 3.63) is 28.8 Å². The van der Waals surface area contributed by atoms with E-state index in [0.717, 1.165) is 17.6 Å². The Morgan fingerprint density at radius 2 is 1.75 bits per heavy atom. The van der Waals surface area contributed by atoms with Crippen LogP contribution in [-0.4, -0.2) is 7.11 Å². The highest BCUT2D eigenvalue weighted by Gasteiger charge is 2.61. The third-order valence-electron chi connectivity index (χ3n) is 8.34. The summed E-state index contributed by atoms with van der Waals surface area (Å²) in [6, 6.07) is 4.69. The standard InChI is InChI=1S/C23H34O/c1-15-12-16-14-19-22(4)10-7-9-21(2,3)18(22)8-11-23(19,5)20(16)17(13-15)24-6/h12-13,18-19H,7-11,14H2,1-6H3/t18-,19-,22?,23-/m0/s1. The average molecular weight is 327 g/mol. The van der Waals surface area contributed by atoms with Gasteiger partial charge in [0.05, 0.1) is 7.11 Å². The first-order valence-corrected chi connectivity index (χ1v) is 9.90. The van der Waals surface area contributed by atoms with E-state index in [-0.39, 0.29) is 0 Å². The molecule has 24 heavy (non-hydrogen) atoms. The monoisotopic (exact) mass is 326 g/mol. The van der Waals surface area contributed by atoms with Gasteiger partial charge < -0.3 is 4.74 Å². The highest BCUT2D eigenvalue weighted by atomic mass is 16.5. The number of methoxy groups -OCH3 is 1. The third-order valence-corrected chi connectivity index (χ3v) is 8.34. The second kappa shape index (κ2) is 5.02. The summed E-state index contributed by atoms with van der Waals surface area (Å²) in [7, 11) is 1.85. The summed E-state index contributed by atoms with van der Waals surface area (Å²) in [5, 5.41) is 0. The molecule has 0 aromatic heterocycles. The second-order valence-corrected chi connectivity index (χ2v) is 10.1. The Kier molecular flexibility index (Phi) is 3.45. The Labute approximate surface area is 148 Å². The van der Waals surface area contributed by atoms with Gasteiger partial charge in [0.1, 0.15) is 5.75 Å². The van der Waals surface area contributed by atoms with Crippen molar-refractivity contribution in [2.75, 3.05) is 7.11 Å². The zero-order valence-electron chi connectivity index (χ0n) is 16.5. The summed E-state index contributed by atoms with van der Waals surface area (Å²) in [6.45, 7) is 12.5. The minimum absolute atomic E-state index is 0.299. The van der Waals surface area contributed by atoms with Gasteiger partial charge in [-0.3, -0.25) is 0 Å². The molecule has 0 saturated heterocycles. The van der Waals surface area contributed by atoms with Crippen LogP contribution in [-0.2, 0) is 11.8 Å². The Balaban J connectivity index is 1.84. The van der Waals surface area contributed by atoms with Crippen LogP contribution in [0.25, 0.3) is 0 Å². The molecule has 4 rings (SSSR count). The first kappa shape index (κ1) is 16.5. The minimum Gasteiger partial charge on any atom is -0.496 e. The van der Waals surface area contributed by atoms with E-state index in [1.165, 1.54) is 44.1 Å². The summed E-state index contributed by atoms with van der Waals surface area (Å²) in [4.78, 5) is 0. The first-order valence-electron chi connectivity index (χ1n) is 9.90. The molecule has 2 fully saturated rings. The van der Waals surface area contributed by atoms with Crippen molar-refractivity contribution in [1.82, 2.24) is 0 Å². The van der Waals surface area contributed by atoms with E-state index >= 15 is 0 Å². The van der Waals surface area contributed by atoms with Crippen LogP contribution in [0, 0.1) is 29.6 Å². The Morgan fingerprint density at radius 1 is 1.00 bits per heavy atom. The molecule has 0 N–H and O–H groups in total. The maximum absolute atomic E-state index is 5.86.